The van der Waals surface area contributed by atoms with E-state index < -0.39 is 21.8 Å². The van der Waals surface area contributed by atoms with Crippen LogP contribution in [0.15, 0.2) is 95.2 Å². The van der Waals surface area contributed by atoms with Crippen LogP contribution in [0.25, 0.3) is 0 Å². The number of hydrogen-bond acceptors (Lipinski definition) is 9. The lowest BCUT2D eigenvalue weighted by molar-refractivity contribution is -0.138. The van der Waals surface area contributed by atoms with E-state index >= 15 is 0 Å². The van der Waals surface area contributed by atoms with Crippen LogP contribution in [0, 0.1) is 0 Å². The molecule has 0 aliphatic heterocycles. The quantitative estimate of drug-likeness (QED) is 0.0683. The molecule has 0 saturated heterocycles. The molecule has 0 amide bonds. The lowest BCUT2D eigenvalue weighted by Gasteiger charge is -2.09. The highest BCUT2D eigenvalue weighted by molar-refractivity contribution is 7.91. The maximum Gasteiger partial charge on any atom is 0.330 e. The Hall–Kier alpha value is -4.44. The van der Waals surface area contributed by atoms with Gasteiger partial charge < -0.3 is 18.9 Å². The van der Waals surface area contributed by atoms with Crippen molar-refractivity contribution in [1.29, 1.82) is 0 Å². The first-order valence-electron chi connectivity index (χ1n) is 14.6. The van der Waals surface area contributed by atoms with Crippen LogP contribution < -0.4 is 14.2 Å². The second kappa shape index (κ2) is 17.6. The Balaban J connectivity index is 1.39. The largest absolute Gasteiger partial charge is 0.494 e. The Labute approximate surface area is 258 Å². The first-order valence-corrected chi connectivity index (χ1v) is 16.1. The molecule has 9 nitrogen and oxygen atoms in total. The number of esters is 3. The van der Waals surface area contributed by atoms with Gasteiger partial charge in [-0.3, -0.25) is 9.59 Å². The fourth-order valence-electron chi connectivity index (χ4n) is 4.06. The van der Waals surface area contributed by atoms with Crippen LogP contribution in [0.4, 0.5) is 0 Å². The van der Waals surface area contributed by atoms with Gasteiger partial charge in [0.2, 0.25) is 9.84 Å². The van der Waals surface area contributed by atoms with E-state index in [2.05, 4.69) is 6.58 Å². The van der Waals surface area contributed by atoms with Crippen LogP contribution in [0.5, 0.6) is 17.2 Å². The number of unbranched alkanes of at least 4 members (excludes halogenated alkanes) is 3. The van der Waals surface area contributed by atoms with E-state index in [0.29, 0.717) is 26.1 Å². The highest BCUT2D eigenvalue weighted by Gasteiger charge is 2.18. The number of ether oxygens (including phenoxy) is 4. The minimum atomic E-state index is -3.81. The zero-order valence-electron chi connectivity index (χ0n) is 24.9. The van der Waals surface area contributed by atoms with E-state index in [1.165, 1.54) is 48.5 Å². The fourth-order valence-corrected chi connectivity index (χ4v) is 5.32. The van der Waals surface area contributed by atoms with Gasteiger partial charge in [0.1, 0.15) is 17.2 Å². The SMILES string of the molecule is C=CC(=O)OCCCCCCOc1ccc(CCC(=O)Oc2ccc(S(=O)(=O)c3ccc(OC(=O)CCC)cc3)cc2)cc1. The number of carbonyl (C=O) groups is 3. The molecule has 3 aromatic rings. The minimum Gasteiger partial charge on any atom is -0.494 e. The maximum atomic E-state index is 13.0. The monoisotopic (exact) mass is 622 g/mol. The molecule has 0 heterocycles. The van der Waals surface area contributed by atoms with Crippen molar-refractivity contribution in [3.05, 3.63) is 91.0 Å². The average molecular weight is 623 g/mol. The Morgan fingerprint density at radius 3 is 1.70 bits per heavy atom. The Morgan fingerprint density at radius 2 is 1.18 bits per heavy atom. The Bertz CT molecular complexity index is 1480. The summed E-state index contributed by atoms with van der Waals surface area (Å²) in [5.74, 6) is 0.0566. The minimum absolute atomic E-state index is 0.0434. The van der Waals surface area contributed by atoms with Crippen LogP contribution in [-0.4, -0.2) is 39.5 Å². The summed E-state index contributed by atoms with van der Waals surface area (Å²) in [6.45, 7) is 6.20. The van der Waals surface area contributed by atoms with Crippen LogP contribution in [0.3, 0.4) is 0 Å². The Kier molecular flexibility index (Phi) is 13.6. The molecule has 0 aliphatic rings. The predicted octanol–water partition coefficient (Wildman–Crippen LogP) is 6.43. The molecule has 0 bridgehead atoms. The van der Waals surface area contributed by atoms with Gasteiger partial charge in [-0.2, -0.15) is 0 Å². The highest BCUT2D eigenvalue weighted by Crippen LogP contribution is 2.25. The lowest BCUT2D eigenvalue weighted by Crippen LogP contribution is -2.09. The smallest absolute Gasteiger partial charge is 0.330 e. The molecular weight excluding hydrogens is 584 g/mol. The number of benzene rings is 3. The van der Waals surface area contributed by atoms with Crippen molar-refractivity contribution in [1.82, 2.24) is 0 Å². The molecule has 0 fully saturated rings. The second-order valence-electron chi connectivity index (χ2n) is 9.92. The summed E-state index contributed by atoms with van der Waals surface area (Å²) in [6, 6.07) is 18.8. The van der Waals surface area contributed by atoms with Crippen LogP contribution in [-0.2, 0) is 35.4 Å². The lowest BCUT2D eigenvalue weighted by atomic mass is 10.1. The standard InChI is InChI=1S/C34H38O9S/c1-3-9-33(36)42-28-15-19-30(20-16-28)44(38,39)31-21-17-29(18-22-31)43-34(37)23-12-26-10-13-27(14-11-26)40-24-7-5-6-8-25-41-32(35)4-2/h4,10-11,13-22H,2-3,5-9,12,23-25H2,1H3. The predicted molar refractivity (Wildman–Crippen MR) is 164 cm³/mol. The van der Waals surface area contributed by atoms with Crippen molar-refractivity contribution in [3.8, 4) is 17.2 Å². The van der Waals surface area contributed by atoms with E-state index in [0.717, 1.165) is 43.1 Å². The molecule has 0 aliphatic carbocycles. The topological polar surface area (TPSA) is 122 Å². The molecule has 0 atom stereocenters. The first kappa shape index (κ1) is 34.1. The summed E-state index contributed by atoms with van der Waals surface area (Å²) >= 11 is 0. The van der Waals surface area contributed by atoms with Gasteiger partial charge in [-0.05, 0) is 105 Å². The summed E-state index contributed by atoms with van der Waals surface area (Å²) in [7, 11) is -3.81. The van der Waals surface area contributed by atoms with Crippen molar-refractivity contribution in [2.45, 2.75) is 68.1 Å². The van der Waals surface area contributed by atoms with E-state index in [4.69, 9.17) is 18.9 Å². The number of sulfone groups is 1. The highest BCUT2D eigenvalue weighted by atomic mass is 32.2. The molecular formula is C34H38O9S. The molecule has 0 unspecified atom stereocenters. The number of carbonyl (C=O) groups excluding carboxylic acids is 3. The fraction of sp³-hybridized carbons (Fsp3) is 0.324. The third kappa shape index (κ3) is 11.3. The molecule has 3 aromatic carbocycles. The molecule has 234 valence electrons. The van der Waals surface area contributed by atoms with Gasteiger partial charge in [-0.1, -0.05) is 25.6 Å². The van der Waals surface area contributed by atoms with Gasteiger partial charge in [-0.25, -0.2) is 13.2 Å². The van der Waals surface area contributed by atoms with Crippen LogP contribution >= 0.6 is 0 Å². The van der Waals surface area contributed by atoms with Crippen molar-refractivity contribution in [2.75, 3.05) is 13.2 Å². The van der Waals surface area contributed by atoms with Crippen molar-refractivity contribution in [3.63, 3.8) is 0 Å². The van der Waals surface area contributed by atoms with E-state index in [1.54, 1.807) is 0 Å². The number of hydrogen-bond donors (Lipinski definition) is 0. The molecule has 0 N–H and O–H groups in total. The third-order valence-electron chi connectivity index (χ3n) is 6.45. The summed E-state index contributed by atoms with van der Waals surface area (Å²) in [4.78, 5) is 35.1. The molecule has 0 aromatic heterocycles. The second-order valence-corrected chi connectivity index (χ2v) is 11.9. The van der Waals surface area contributed by atoms with E-state index in [1.807, 2.05) is 31.2 Å². The first-order chi connectivity index (χ1) is 21.2. The molecule has 44 heavy (non-hydrogen) atoms. The van der Waals surface area contributed by atoms with Crippen molar-refractivity contribution >= 4 is 27.7 Å². The van der Waals surface area contributed by atoms with Crippen LogP contribution in [0.1, 0.15) is 57.4 Å². The van der Waals surface area contributed by atoms with Gasteiger partial charge >= 0.3 is 17.9 Å². The van der Waals surface area contributed by atoms with E-state index in [-0.39, 0.29) is 40.1 Å². The third-order valence-corrected chi connectivity index (χ3v) is 8.23. The number of aryl methyl sites for hydroxylation is 1. The summed E-state index contributed by atoms with van der Waals surface area (Å²) in [6.07, 6.45) is 6.33. The van der Waals surface area contributed by atoms with Crippen molar-refractivity contribution < 1.29 is 41.7 Å². The van der Waals surface area contributed by atoms with Gasteiger partial charge in [-0.15, -0.1) is 0 Å². The maximum absolute atomic E-state index is 13.0. The molecule has 0 radical (unpaired) electrons. The van der Waals surface area contributed by atoms with Crippen LogP contribution in [0.2, 0.25) is 0 Å². The normalized spacial score (nSPS) is 10.9. The summed E-state index contributed by atoms with van der Waals surface area (Å²) in [5, 5.41) is 0. The zero-order valence-corrected chi connectivity index (χ0v) is 25.7. The Morgan fingerprint density at radius 1 is 0.682 bits per heavy atom. The van der Waals surface area contributed by atoms with Gasteiger partial charge in [0.25, 0.3) is 0 Å². The van der Waals surface area contributed by atoms with Gasteiger partial charge in [0.05, 0.1) is 23.0 Å². The van der Waals surface area contributed by atoms with Gasteiger partial charge in [0, 0.05) is 18.9 Å². The molecule has 0 spiro atoms. The summed E-state index contributed by atoms with van der Waals surface area (Å²) in [5.41, 5.74) is 0.955. The molecule has 3 rings (SSSR count). The summed E-state index contributed by atoms with van der Waals surface area (Å²) < 4.78 is 47.3. The van der Waals surface area contributed by atoms with Crippen molar-refractivity contribution in [2.24, 2.45) is 0 Å². The zero-order chi connectivity index (χ0) is 31.8. The molecule has 10 heteroatoms. The van der Waals surface area contributed by atoms with E-state index in [9.17, 15) is 22.8 Å². The number of rotatable bonds is 18. The molecule has 0 saturated carbocycles. The average Bonchev–Trinajstić information content (AvgIpc) is 3.02. The van der Waals surface area contributed by atoms with Gasteiger partial charge in [0.15, 0.2) is 0 Å².